The Morgan fingerprint density at radius 3 is 2.52 bits per heavy atom. The Balaban J connectivity index is 1.97. The largest absolute Gasteiger partial charge is 0.462 e. The second-order valence-corrected chi connectivity index (χ2v) is 7.93. The first-order valence-electron chi connectivity index (χ1n) is 10.6. The number of nitrogens with zero attached hydrogens (tertiary/aromatic N) is 1. The van der Waals surface area contributed by atoms with Gasteiger partial charge in [-0.2, -0.15) is 8.78 Å². The molecule has 1 aromatic heterocycles. The maximum atomic E-state index is 13.1. The van der Waals surface area contributed by atoms with Crippen molar-refractivity contribution in [3.05, 3.63) is 82.1 Å². The average molecular weight is 478 g/mol. The Hall–Kier alpha value is -2.90. The summed E-state index contributed by atoms with van der Waals surface area (Å²) in [6, 6.07) is 16.0. The first-order valence-corrected chi connectivity index (χ1v) is 11.0. The lowest BCUT2D eigenvalue weighted by Gasteiger charge is -2.19. The number of rotatable bonds is 10. The minimum Gasteiger partial charge on any atom is -0.462 e. The maximum Gasteiger partial charge on any atom is 0.387 e. The summed E-state index contributed by atoms with van der Waals surface area (Å²) in [6.45, 7) is 2.98. The molecule has 0 fully saturated rings. The number of ether oxygens (including phenoxy) is 3. The fourth-order valence-corrected chi connectivity index (χ4v) is 3.76. The van der Waals surface area contributed by atoms with E-state index in [2.05, 4.69) is 0 Å². The number of hydrogen-bond acceptors (Lipinski definition) is 4. The van der Waals surface area contributed by atoms with Gasteiger partial charge in [-0.05, 0) is 44.5 Å². The Bertz CT molecular complexity index is 1090. The summed E-state index contributed by atoms with van der Waals surface area (Å²) in [4.78, 5) is 12.5. The smallest absolute Gasteiger partial charge is 0.387 e. The molecule has 0 aliphatic heterocycles. The van der Waals surface area contributed by atoms with Crippen LogP contribution in [0.25, 0.3) is 5.69 Å². The fourth-order valence-electron chi connectivity index (χ4n) is 3.60. The van der Waals surface area contributed by atoms with Crippen LogP contribution in [-0.2, 0) is 22.5 Å². The van der Waals surface area contributed by atoms with Gasteiger partial charge in [-0.1, -0.05) is 41.9 Å². The molecule has 0 N–H and O–H groups in total. The number of halogens is 3. The molecule has 2 aromatic carbocycles. The van der Waals surface area contributed by atoms with E-state index in [1.165, 1.54) is 6.07 Å². The number of benzene rings is 2. The van der Waals surface area contributed by atoms with Crippen LogP contribution < -0.4 is 4.74 Å². The third-order valence-electron chi connectivity index (χ3n) is 5.07. The van der Waals surface area contributed by atoms with Crippen LogP contribution in [0, 0.1) is 6.92 Å². The van der Waals surface area contributed by atoms with E-state index in [9.17, 15) is 13.6 Å². The predicted molar refractivity (Wildman–Crippen MR) is 123 cm³/mol. The zero-order valence-corrected chi connectivity index (χ0v) is 19.4. The zero-order chi connectivity index (χ0) is 24.0. The highest BCUT2D eigenvalue weighted by Crippen LogP contribution is 2.33. The van der Waals surface area contributed by atoms with Crippen molar-refractivity contribution in [3.63, 3.8) is 0 Å². The highest BCUT2D eigenvalue weighted by atomic mass is 35.5. The van der Waals surface area contributed by atoms with Gasteiger partial charge in [-0.15, -0.1) is 0 Å². The van der Waals surface area contributed by atoms with Crippen molar-refractivity contribution < 1.29 is 27.8 Å². The topological polar surface area (TPSA) is 49.7 Å². The number of esters is 1. The van der Waals surface area contributed by atoms with Crippen LogP contribution in [0.5, 0.6) is 5.75 Å². The quantitative estimate of drug-likeness (QED) is 0.318. The average Bonchev–Trinajstić information content (AvgIpc) is 3.09. The molecule has 0 aliphatic rings. The molecule has 8 heteroatoms. The number of carbonyl (C=O) groups is 1. The lowest BCUT2D eigenvalue weighted by molar-refractivity contribution is -0.0498. The van der Waals surface area contributed by atoms with Gasteiger partial charge < -0.3 is 18.8 Å². The SMILES string of the molecule is CCOC(=O)c1cc(C[C@H](C)OCc2ccccc2)n(-c2ccc(Cl)cc2OC(F)F)c1C. The van der Waals surface area contributed by atoms with Crippen molar-refractivity contribution in [1.82, 2.24) is 4.57 Å². The molecule has 0 saturated carbocycles. The number of aromatic nitrogens is 1. The summed E-state index contributed by atoms with van der Waals surface area (Å²) >= 11 is 6.02. The van der Waals surface area contributed by atoms with E-state index < -0.39 is 12.6 Å². The van der Waals surface area contributed by atoms with Crippen LogP contribution in [0.3, 0.4) is 0 Å². The molecular weight excluding hydrogens is 452 g/mol. The van der Waals surface area contributed by atoms with Crippen LogP contribution in [0.1, 0.15) is 41.2 Å². The molecule has 3 aromatic rings. The van der Waals surface area contributed by atoms with E-state index in [4.69, 9.17) is 25.8 Å². The Morgan fingerprint density at radius 2 is 1.85 bits per heavy atom. The molecule has 0 amide bonds. The molecular formula is C25H26ClF2NO4. The van der Waals surface area contributed by atoms with E-state index in [1.54, 1.807) is 36.6 Å². The summed E-state index contributed by atoms with van der Waals surface area (Å²) in [5.41, 5.74) is 2.96. The summed E-state index contributed by atoms with van der Waals surface area (Å²) in [5, 5.41) is 0.255. The second kappa shape index (κ2) is 11.3. The molecule has 0 radical (unpaired) electrons. The third-order valence-corrected chi connectivity index (χ3v) is 5.31. The monoisotopic (exact) mass is 477 g/mol. The zero-order valence-electron chi connectivity index (χ0n) is 18.7. The minimum absolute atomic E-state index is 0.0919. The molecule has 176 valence electrons. The Kier molecular flexibility index (Phi) is 8.47. The van der Waals surface area contributed by atoms with Gasteiger partial charge in [0.1, 0.15) is 0 Å². The Labute approximate surface area is 196 Å². The van der Waals surface area contributed by atoms with Crippen LogP contribution in [0.2, 0.25) is 5.02 Å². The second-order valence-electron chi connectivity index (χ2n) is 7.49. The van der Waals surface area contributed by atoms with Gasteiger partial charge in [0.05, 0.1) is 30.6 Å². The molecule has 0 saturated heterocycles. The molecule has 33 heavy (non-hydrogen) atoms. The first kappa shape index (κ1) is 24.7. The van der Waals surface area contributed by atoms with Gasteiger partial charge in [-0.25, -0.2) is 4.79 Å². The van der Waals surface area contributed by atoms with Crippen LogP contribution in [0.15, 0.2) is 54.6 Å². The molecule has 1 atom stereocenters. The molecule has 5 nitrogen and oxygen atoms in total. The van der Waals surface area contributed by atoms with E-state index in [0.29, 0.717) is 35.7 Å². The van der Waals surface area contributed by atoms with Gasteiger partial charge in [0.15, 0.2) is 5.75 Å². The summed E-state index contributed by atoms with van der Waals surface area (Å²) < 4.78 is 43.8. The molecule has 0 spiro atoms. The summed E-state index contributed by atoms with van der Waals surface area (Å²) in [5.74, 6) is -0.580. The number of hydrogen-bond donors (Lipinski definition) is 0. The molecule has 3 rings (SSSR count). The standard InChI is InChI=1S/C25H26ClF2NO4/c1-4-31-24(30)21-14-20(12-16(2)32-15-18-8-6-5-7-9-18)29(17(21)3)22-11-10-19(26)13-23(22)33-25(27)28/h5-11,13-14,16,25H,4,12,15H2,1-3H3/t16-/m0/s1. The van der Waals surface area contributed by atoms with Crippen LogP contribution >= 0.6 is 11.6 Å². The van der Waals surface area contributed by atoms with Gasteiger partial charge in [-0.3, -0.25) is 0 Å². The van der Waals surface area contributed by atoms with Gasteiger partial charge in [0.2, 0.25) is 0 Å². The maximum absolute atomic E-state index is 13.1. The first-order chi connectivity index (χ1) is 15.8. The molecule has 0 bridgehead atoms. The van der Waals surface area contributed by atoms with E-state index in [0.717, 1.165) is 5.56 Å². The van der Waals surface area contributed by atoms with Crippen molar-refractivity contribution >= 4 is 17.6 Å². The lowest BCUT2D eigenvalue weighted by Crippen LogP contribution is -2.15. The van der Waals surface area contributed by atoms with Crippen molar-refractivity contribution in [2.45, 2.75) is 46.5 Å². The van der Waals surface area contributed by atoms with Crippen molar-refractivity contribution in [2.24, 2.45) is 0 Å². The van der Waals surface area contributed by atoms with Gasteiger partial charge in [0, 0.05) is 28.9 Å². The van der Waals surface area contributed by atoms with Gasteiger partial charge in [0.25, 0.3) is 0 Å². The highest BCUT2D eigenvalue weighted by molar-refractivity contribution is 6.30. The lowest BCUT2D eigenvalue weighted by atomic mass is 10.2. The summed E-state index contributed by atoms with van der Waals surface area (Å²) in [7, 11) is 0. The fraction of sp³-hybridized carbons (Fsp3) is 0.320. The third kappa shape index (κ3) is 6.33. The van der Waals surface area contributed by atoms with Crippen LogP contribution in [0.4, 0.5) is 8.78 Å². The van der Waals surface area contributed by atoms with Crippen molar-refractivity contribution in [3.8, 4) is 11.4 Å². The van der Waals surface area contributed by atoms with E-state index >= 15 is 0 Å². The Morgan fingerprint density at radius 1 is 1.12 bits per heavy atom. The van der Waals surface area contributed by atoms with Crippen LogP contribution in [-0.4, -0.2) is 29.9 Å². The van der Waals surface area contributed by atoms with Gasteiger partial charge >= 0.3 is 12.6 Å². The van der Waals surface area contributed by atoms with Crippen molar-refractivity contribution in [2.75, 3.05) is 6.61 Å². The van der Waals surface area contributed by atoms with E-state index in [-0.39, 0.29) is 23.5 Å². The predicted octanol–water partition coefficient (Wildman–Crippen LogP) is 6.37. The van der Waals surface area contributed by atoms with E-state index in [1.807, 2.05) is 37.3 Å². The summed E-state index contributed by atoms with van der Waals surface area (Å²) in [6.07, 6.45) is 0.198. The molecule has 0 aliphatic carbocycles. The number of carbonyl (C=O) groups excluding carboxylic acids is 1. The normalized spacial score (nSPS) is 12.1. The van der Waals surface area contributed by atoms with Crippen molar-refractivity contribution in [1.29, 1.82) is 0 Å². The highest BCUT2D eigenvalue weighted by Gasteiger charge is 2.23. The minimum atomic E-state index is -3.03. The molecule has 0 unspecified atom stereocenters. The molecule has 1 heterocycles. The number of alkyl halides is 2.